The smallest absolute Gasteiger partial charge is 0.254 e. The SMILES string of the molecule is CCCN1CC(=O)N[C@H]2CCN(C(=O)Cc3c(C)[nH]c4ccccc34)C[C@@H]2OCc2cccc(c2)Oc2cc(ccc2OC)C1=O. The molecule has 240 valence electrons. The van der Waals surface area contributed by atoms with Crippen LogP contribution in [0.4, 0.5) is 0 Å². The molecule has 6 rings (SSSR count). The molecule has 3 aromatic carbocycles. The zero-order valence-electron chi connectivity index (χ0n) is 26.5. The van der Waals surface area contributed by atoms with Crippen molar-refractivity contribution in [1.29, 1.82) is 0 Å². The number of ether oxygens (including phenoxy) is 3. The summed E-state index contributed by atoms with van der Waals surface area (Å²) >= 11 is 0. The Morgan fingerprint density at radius 2 is 1.91 bits per heavy atom. The Hall–Kier alpha value is -4.83. The molecule has 0 spiro atoms. The number of aromatic amines is 1. The molecular weight excluding hydrogens is 584 g/mol. The summed E-state index contributed by atoms with van der Waals surface area (Å²) in [7, 11) is 1.55. The van der Waals surface area contributed by atoms with Crippen LogP contribution in [0.3, 0.4) is 0 Å². The van der Waals surface area contributed by atoms with Crippen molar-refractivity contribution >= 4 is 28.6 Å². The van der Waals surface area contributed by atoms with Crippen LogP contribution in [-0.2, 0) is 27.4 Å². The van der Waals surface area contributed by atoms with Gasteiger partial charge in [0.05, 0.1) is 38.8 Å². The molecule has 2 aliphatic rings. The third kappa shape index (κ3) is 6.72. The maximum atomic E-state index is 13.7. The van der Waals surface area contributed by atoms with E-state index in [1.54, 1.807) is 30.2 Å². The molecule has 1 saturated heterocycles. The average Bonchev–Trinajstić information content (AvgIpc) is 3.37. The van der Waals surface area contributed by atoms with E-state index in [9.17, 15) is 14.4 Å². The Labute approximate surface area is 268 Å². The van der Waals surface area contributed by atoms with Gasteiger partial charge in [0, 0.05) is 41.8 Å². The number of piperidine rings is 1. The minimum Gasteiger partial charge on any atom is -0.493 e. The molecule has 2 N–H and O–H groups in total. The summed E-state index contributed by atoms with van der Waals surface area (Å²) in [6.07, 6.45) is 1.04. The molecule has 0 aliphatic carbocycles. The van der Waals surface area contributed by atoms with Gasteiger partial charge in [-0.05, 0) is 67.3 Å². The first-order valence-electron chi connectivity index (χ1n) is 15.8. The topological polar surface area (TPSA) is 113 Å². The number of amides is 3. The predicted molar refractivity (Wildman–Crippen MR) is 174 cm³/mol. The van der Waals surface area contributed by atoms with Gasteiger partial charge in [-0.2, -0.15) is 0 Å². The Bertz CT molecular complexity index is 1750. The van der Waals surface area contributed by atoms with Crippen molar-refractivity contribution in [3.05, 3.63) is 89.1 Å². The van der Waals surface area contributed by atoms with Gasteiger partial charge in [-0.3, -0.25) is 14.4 Å². The number of hydrogen-bond acceptors (Lipinski definition) is 6. The number of fused-ring (bicyclic) bond motifs is 6. The van der Waals surface area contributed by atoms with Crippen LogP contribution in [0.1, 0.15) is 46.9 Å². The summed E-state index contributed by atoms with van der Waals surface area (Å²) in [5.41, 5.74) is 4.26. The molecule has 3 amide bonds. The summed E-state index contributed by atoms with van der Waals surface area (Å²) < 4.78 is 18.2. The fourth-order valence-corrected chi connectivity index (χ4v) is 6.35. The van der Waals surface area contributed by atoms with Gasteiger partial charge < -0.3 is 34.3 Å². The zero-order valence-corrected chi connectivity index (χ0v) is 26.5. The third-order valence-electron chi connectivity index (χ3n) is 8.73. The lowest BCUT2D eigenvalue weighted by molar-refractivity contribution is -0.137. The lowest BCUT2D eigenvalue weighted by Gasteiger charge is -2.39. The number of benzene rings is 3. The Morgan fingerprint density at radius 1 is 1.07 bits per heavy atom. The first-order valence-corrected chi connectivity index (χ1v) is 15.8. The van der Waals surface area contributed by atoms with Crippen LogP contribution < -0.4 is 14.8 Å². The van der Waals surface area contributed by atoms with E-state index in [0.717, 1.165) is 27.7 Å². The lowest BCUT2D eigenvalue weighted by Crippen LogP contribution is -2.57. The van der Waals surface area contributed by atoms with Gasteiger partial charge in [-0.1, -0.05) is 37.3 Å². The molecule has 10 heteroatoms. The molecule has 10 nitrogen and oxygen atoms in total. The maximum absolute atomic E-state index is 13.7. The van der Waals surface area contributed by atoms with Crippen molar-refractivity contribution in [2.45, 2.75) is 51.9 Å². The first-order chi connectivity index (χ1) is 22.3. The maximum Gasteiger partial charge on any atom is 0.254 e. The van der Waals surface area contributed by atoms with Crippen LogP contribution in [0, 0.1) is 6.92 Å². The second-order valence-electron chi connectivity index (χ2n) is 11.9. The normalized spacial score (nSPS) is 18.9. The summed E-state index contributed by atoms with van der Waals surface area (Å²) in [6, 6.07) is 20.2. The van der Waals surface area contributed by atoms with Crippen LogP contribution in [0.25, 0.3) is 10.9 Å². The number of carbonyl (C=O) groups is 3. The zero-order chi connectivity index (χ0) is 32.2. The number of aromatic nitrogens is 1. The number of rotatable bonds is 5. The van der Waals surface area contributed by atoms with Crippen LogP contribution in [0.2, 0.25) is 0 Å². The molecule has 0 unspecified atom stereocenters. The number of hydrogen-bond donors (Lipinski definition) is 2. The molecule has 2 atom stereocenters. The fraction of sp³-hybridized carbons (Fsp3) is 0.361. The van der Waals surface area contributed by atoms with E-state index in [2.05, 4.69) is 10.3 Å². The second-order valence-corrected chi connectivity index (χ2v) is 11.9. The highest BCUT2D eigenvalue weighted by atomic mass is 16.5. The second kappa shape index (κ2) is 13.7. The number of H-pyrrole nitrogens is 1. The Balaban J connectivity index is 1.26. The van der Waals surface area contributed by atoms with E-state index in [-0.39, 0.29) is 43.3 Å². The lowest BCUT2D eigenvalue weighted by atomic mass is 9.99. The minimum atomic E-state index is -0.452. The molecule has 4 bridgehead atoms. The van der Waals surface area contributed by atoms with Crippen molar-refractivity contribution < 1.29 is 28.6 Å². The standard InChI is InChI=1S/C36H40N4O6/c1-4-15-40-21-34(41)38-30-14-16-39(35(42)19-28-23(2)37-29-11-6-5-10-27(28)29)20-33(30)45-22-24-8-7-9-26(17-24)46-32-18-25(36(40)43)12-13-31(32)44-3/h5-13,17-18,30,33,37H,4,14-16,19-22H2,1-3H3,(H,38,41)/t30-,33-/m0/s1. The van der Waals surface area contributed by atoms with Gasteiger partial charge >= 0.3 is 0 Å². The quantitative estimate of drug-likeness (QED) is 0.324. The Morgan fingerprint density at radius 3 is 2.74 bits per heavy atom. The molecular formula is C36H40N4O6. The van der Waals surface area contributed by atoms with Gasteiger partial charge in [0.15, 0.2) is 11.5 Å². The fourth-order valence-electron chi connectivity index (χ4n) is 6.35. The molecule has 2 aliphatic heterocycles. The van der Waals surface area contributed by atoms with E-state index < -0.39 is 6.10 Å². The van der Waals surface area contributed by atoms with Crippen molar-refractivity contribution in [3.8, 4) is 17.2 Å². The highest BCUT2D eigenvalue weighted by Gasteiger charge is 2.34. The number of methoxy groups -OCH3 is 1. The van der Waals surface area contributed by atoms with E-state index in [1.165, 1.54) is 0 Å². The number of nitrogens with zero attached hydrogens (tertiary/aromatic N) is 2. The van der Waals surface area contributed by atoms with Crippen molar-refractivity contribution in [1.82, 2.24) is 20.1 Å². The van der Waals surface area contributed by atoms with Gasteiger partial charge in [-0.25, -0.2) is 0 Å². The van der Waals surface area contributed by atoms with Gasteiger partial charge in [0.2, 0.25) is 11.8 Å². The van der Waals surface area contributed by atoms with Crippen molar-refractivity contribution in [2.24, 2.45) is 0 Å². The number of likely N-dealkylation sites (tertiary alicyclic amines) is 1. The first kappa shape index (κ1) is 31.2. The summed E-state index contributed by atoms with van der Waals surface area (Å²) in [5.74, 6) is 0.919. The summed E-state index contributed by atoms with van der Waals surface area (Å²) in [4.78, 5) is 47.5. The number of aryl methyl sites for hydroxylation is 1. The van der Waals surface area contributed by atoms with Crippen molar-refractivity contribution in [3.63, 3.8) is 0 Å². The van der Waals surface area contributed by atoms with E-state index in [0.29, 0.717) is 55.3 Å². The molecule has 0 saturated carbocycles. The summed E-state index contributed by atoms with van der Waals surface area (Å²) in [5, 5.41) is 4.18. The van der Waals surface area contributed by atoms with Crippen LogP contribution >= 0.6 is 0 Å². The van der Waals surface area contributed by atoms with Gasteiger partial charge in [0.25, 0.3) is 5.91 Å². The third-order valence-corrected chi connectivity index (χ3v) is 8.73. The number of para-hydroxylation sites is 1. The van der Waals surface area contributed by atoms with Crippen molar-refractivity contribution in [2.75, 3.05) is 33.3 Å². The highest BCUT2D eigenvalue weighted by Crippen LogP contribution is 2.33. The van der Waals surface area contributed by atoms with Gasteiger partial charge in [-0.15, -0.1) is 0 Å². The van der Waals surface area contributed by atoms with Crippen LogP contribution in [-0.4, -0.2) is 77.9 Å². The number of carbonyl (C=O) groups excluding carboxylic acids is 3. The predicted octanol–water partition coefficient (Wildman–Crippen LogP) is 4.99. The minimum absolute atomic E-state index is 0.0126. The van der Waals surface area contributed by atoms with E-state index in [4.69, 9.17) is 14.2 Å². The van der Waals surface area contributed by atoms with E-state index >= 15 is 0 Å². The molecule has 46 heavy (non-hydrogen) atoms. The molecule has 4 aromatic rings. The van der Waals surface area contributed by atoms with E-state index in [1.807, 2.05) is 67.3 Å². The molecule has 1 fully saturated rings. The van der Waals surface area contributed by atoms with Crippen LogP contribution in [0.15, 0.2) is 66.7 Å². The monoisotopic (exact) mass is 624 g/mol. The van der Waals surface area contributed by atoms with Gasteiger partial charge in [0.1, 0.15) is 5.75 Å². The van der Waals surface area contributed by atoms with Crippen LogP contribution in [0.5, 0.6) is 17.2 Å². The largest absolute Gasteiger partial charge is 0.493 e. The molecule has 3 heterocycles. The average molecular weight is 625 g/mol. The molecule has 0 radical (unpaired) electrons. The Kier molecular flexibility index (Phi) is 9.25. The highest BCUT2D eigenvalue weighted by molar-refractivity contribution is 5.97. The number of nitrogens with one attached hydrogen (secondary N) is 2. The summed E-state index contributed by atoms with van der Waals surface area (Å²) in [6.45, 7) is 5.35. The molecule has 1 aromatic heterocycles.